The quantitative estimate of drug-likeness (QED) is 0.931. The summed E-state index contributed by atoms with van der Waals surface area (Å²) >= 11 is 0. The summed E-state index contributed by atoms with van der Waals surface area (Å²) in [5.74, 6) is 1.40. The standard InChI is InChI=1S/C17H21NO2/c1-11-7-8-20-17(11)16(18)14-4-3-13-10-15(19-2)6-5-12(13)9-14/h3-6,9-11,16-17H,7-8,18H2,1-2H3. The molecule has 0 amide bonds. The molecule has 0 bridgehead atoms. The summed E-state index contributed by atoms with van der Waals surface area (Å²) < 4.78 is 11.0. The fourth-order valence-corrected chi connectivity index (χ4v) is 2.94. The molecule has 1 aliphatic rings. The van der Waals surface area contributed by atoms with Crippen LogP contribution in [-0.4, -0.2) is 19.8 Å². The zero-order valence-electron chi connectivity index (χ0n) is 12.0. The van der Waals surface area contributed by atoms with Gasteiger partial charge in [0.05, 0.1) is 19.3 Å². The van der Waals surface area contributed by atoms with Gasteiger partial charge in [0, 0.05) is 6.61 Å². The summed E-state index contributed by atoms with van der Waals surface area (Å²) in [5, 5.41) is 2.35. The van der Waals surface area contributed by atoms with Crippen LogP contribution in [-0.2, 0) is 4.74 Å². The topological polar surface area (TPSA) is 44.5 Å². The van der Waals surface area contributed by atoms with Crippen LogP contribution in [0.5, 0.6) is 5.75 Å². The first kappa shape index (κ1) is 13.4. The Kier molecular flexibility index (Phi) is 3.64. The Morgan fingerprint density at radius 1 is 1.20 bits per heavy atom. The molecule has 2 N–H and O–H groups in total. The van der Waals surface area contributed by atoms with Crippen LogP contribution in [0.15, 0.2) is 36.4 Å². The van der Waals surface area contributed by atoms with E-state index in [0.717, 1.165) is 24.3 Å². The molecule has 3 unspecified atom stereocenters. The fourth-order valence-electron chi connectivity index (χ4n) is 2.94. The van der Waals surface area contributed by atoms with Gasteiger partial charge in [-0.2, -0.15) is 0 Å². The van der Waals surface area contributed by atoms with E-state index in [1.807, 2.05) is 12.1 Å². The van der Waals surface area contributed by atoms with Crippen LogP contribution in [0, 0.1) is 5.92 Å². The Morgan fingerprint density at radius 3 is 2.65 bits per heavy atom. The zero-order chi connectivity index (χ0) is 14.1. The minimum Gasteiger partial charge on any atom is -0.497 e. The van der Waals surface area contributed by atoms with Crippen LogP contribution in [0.25, 0.3) is 10.8 Å². The van der Waals surface area contributed by atoms with E-state index in [1.54, 1.807) is 7.11 Å². The second-order valence-corrected chi connectivity index (χ2v) is 5.60. The third-order valence-electron chi connectivity index (χ3n) is 4.25. The van der Waals surface area contributed by atoms with Crippen molar-refractivity contribution in [1.82, 2.24) is 0 Å². The molecule has 20 heavy (non-hydrogen) atoms. The Balaban J connectivity index is 1.92. The number of methoxy groups -OCH3 is 1. The molecule has 2 aromatic carbocycles. The molecular weight excluding hydrogens is 250 g/mol. The minimum absolute atomic E-state index is 0.0565. The van der Waals surface area contributed by atoms with Crippen LogP contribution >= 0.6 is 0 Å². The van der Waals surface area contributed by atoms with Gasteiger partial charge in [0.1, 0.15) is 5.75 Å². The van der Waals surface area contributed by atoms with Crippen molar-refractivity contribution in [3.63, 3.8) is 0 Å². The number of fused-ring (bicyclic) bond motifs is 1. The molecule has 0 aromatic heterocycles. The van der Waals surface area contributed by atoms with E-state index >= 15 is 0 Å². The minimum atomic E-state index is -0.0565. The molecule has 1 fully saturated rings. The maximum atomic E-state index is 6.39. The molecule has 3 rings (SSSR count). The largest absolute Gasteiger partial charge is 0.497 e. The maximum absolute atomic E-state index is 6.39. The lowest BCUT2D eigenvalue weighted by Crippen LogP contribution is -2.29. The fraction of sp³-hybridized carbons (Fsp3) is 0.412. The van der Waals surface area contributed by atoms with Gasteiger partial charge in [-0.1, -0.05) is 25.1 Å². The Morgan fingerprint density at radius 2 is 1.95 bits per heavy atom. The molecule has 1 aliphatic heterocycles. The molecule has 2 aromatic rings. The van der Waals surface area contributed by atoms with Crippen molar-refractivity contribution in [3.05, 3.63) is 42.0 Å². The SMILES string of the molecule is COc1ccc2cc(C(N)C3OCCC3C)ccc2c1. The molecule has 0 saturated carbocycles. The average molecular weight is 271 g/mol. The van der Waals surface area contributed by atoms with E-state index < -0.39 is 0 Å². The summed E-state index contributed by atoms with van der Waals surface area (Å²) in [4.78, 5) is 0. The van der Waals surface area contributed by atoms with Gasteiger partial charge in [-0.05, 0) is 46.9 Å². The second-order valence-electron chi connectivity index (χ2n) is 5.60. The molecule has 0 radical (unpaired) electrons. The van der Waals surface area contributed by atoms with E-state index in [9.17, 15) is 0 Å². The predicted molar refractivity (Wildman–Crippen MR) is 80.9 cm³/mol. The maximum Gasteiger partial charge on any atom is 0.119 e. The van der Waals surface area contributed by atoms with Crippen LogP contribution in [0.3, 0.4) is 0 Å². The number of nitrogens with two attached hydrogens (primary N) is 1. The van der Waals surface area contributed by atoms with Crippen molar-refractivity contribution in [2.24, 2.45) is 11.7 Å². The number of rotatable bonds is 3. The van der Waals surface area contributed by atoms with Crippen molar-refractivity contribution in [2.45, 2.75) is 25.5 Å². The van der Waals surface area contributed by atoms with Crippen LogP contribution in [0.4, 0.5) is 0 Å². The lowest BCUT2D eigenvalue weighted by molar-refractivity contribution is 0.0725. The Labute approximate surface area is 119 Å². The molecule has 1 heterocycles. The molecule has 106 valence electrons. The van der Waals surface area contributed by atoms with E-state index in [-0.39, 0.29) is 12.1 Å². The zero-order valence-corrected chi connectivity index (χ0v) is 12.0. The highest BCUT2D eigenvalue weighted by molar-refractivity contribution is 5.84. The summed E-state index contributed by atoms with van der Waals surface area (Å²) in [7, 11) is 1.68. The van der Waals surface area contributed by atoms with Crippen molar-refractivity contribution < 1.29 is 9.47 Å². The summed E-state index contributed by atoms with van der Waals surface area (Å²) in [6.45, 7) is 3.04. The average Bonchev–Trinajstić information content (AvgIpc) is 2.91. The normalized spacial score (nSPS) is 23.9. The summed E-state index contributed by atoms with van der Waals surface area (Å²) in [5.41, 5.74) is 7.53. The van der Waals surface area contributed by atoms with Gasteiger partial charge in [-0.3, -0.25) is 0 Å². The van der Waals surface area contributed by atoms with Crippen molar-refractivity contribution >= 4 is 10.8 Å². The van der Waals surface area contributed by atoms with Crippen molar-refractivity contribution in [3.8, 4) is 5.75 Å². The van der Waals surface area contributed by atoms with E-state index in [1.165, 1.54) is 10.8 Å². The van der Waals surface area contributed by atoms with Gasteiger partial charge in [0.25, 0.3) is 0 Å². The van der Waals surface area contributed by atoms with Crippen LogP contribution < -0.4 is 10.5 Å². The van der Waals surface area contributed by atoms with Crippen LogP contribution in [0.2, 0.25) is 0 Å². The predicted octanol–water partition coefficient (Wildman–Crippen LogP) is 3.27. The Hall–Kier alpha value is -1.58. The van der Waals surface area contributed by atoms with Gasteiger partial charge >= 0.3 is 0 Å². The monoisotopic (exact) mass is 271 g/mol. The molecule has 3 nitrogen and oxygen atoms in total. The first-order valence-corrected chi connectivity index (χ1v) is 7.14. The first-order chi connectivity index (χ1) is 9.69. The lowest BCUT2D eigenvalue weighted by Gasteiger charge is -2.23. The third kappa shape index (κ3) is 2.39. The van der Waals surface area contributed by atoms with Gasteiger partial charge in [-0.15, -0.1) is 0 Å². The van der Waals surface area contributed by atoms with Crippen LogP contribution in [0.1, 0.15) is 24.9 Å². The number of hydrogen-bond donors (Lipinski definition) is 1. The summed E-state index contributed by atoms with van der Waals surface area (Å²) in [6, 6.07) is 12.4. The third-order valence-corrected chi connectivity index (χ3v) is 4.25. The number of ether oxygens (including phenoxy) is 2. The molecule has 3 heteroatoms. The second kappa shape index (κ2) is 5.43. The molecule has 0 spiro atoms. The van der Waals surface area contributed by atoms with Crippen molar-refractivity contribution in [2.75, 3.05) is 13.7 Å². The van der Waals surface area contributed by atoms with Gasteiger partial charge in [0.2, 0.25) is 0 Å². The molecular formula is C17H21NO2. The number of hydrogen-bond acceptors (Lipinski definition) is 3. The van der Waals surface area contributed by atoms with Gasteiger partial charge in [-0.25, -0.2) is 0 Å². The lowest BCUT2D eigenvalue weighted by atomic mass is 9.92. The van der Waals surface area contributed by atoms with E-state index in [0.29, 0.717) is 5.92 Å². The van der Waals surface area contributed by atoms with E-state index in [2.05, 4.69) is 31.2 Å². The first-order valence-electron chi connectivity index (χ1n) is 7.14. The molecule has 3 atom stereocenters. The molecule has 0 aliphatic carbocycles. The highest BCUT2D eigenvalue weighted by atomic mass is 16.5. The number of benzene rings is 2. The van der Waals surface area contributed by atoms with Gasteiger partial charge in [0.15, 0.2) is 0 Å². The smallest absolute Gasteiger partial charge is 0.119 e. The highest BCUT2D eigenvalue weighted by Crippen LogP contribution is 2.31. The van der Waals surface area contributed by atoms with Gasteiger partial charge < -0.3 is 15.2 Å². The highest BCUT2D eigenvalue weighted by Gasteiger charge is 2.30. The Bertz CT molecular complexity index is 611. The summed E-state index contributed by atoms with van der Waals surface area (Å²) in [6.07, 6.45) is 1.23. The van der Waals surface area contributed by atoms with Crippen molar-refractivity contribution in [1.29, 1.82) is 0 Å². The van der Waals surface area contributed by atoms with E-state index in [4.69, 9.17) is 15.2 Å². The molecule has 1 saturated heterocycles.